The maximum atomic E-state index is 12.8. The van der Waals surface area contributed by atoms with Crippen LogP contribution in [0.25, 0.3) is 0 Å². The van der Waals surface area contributed by atoms with Gasteiger partial charge in [-0.15, -0.1) is 0 Å². The minimum atomic E-state index is -0.318. The minimum Gasteiger partial charge on any atom is -0.486 e. The summed E-state index contributed by atoms with van der Waals surface area (Å²) in [5.41, 5.74) is 1.09. The van der Waals surface area contributed by atoms with Gasteiger partial charge in [0.25, 0.3) is 5.91 Å². The van der Waals surface area contributed by atoms with E-state index in [1.165, 1.54) is 12.1 Å². The normalized spacial score (nSPS) is 10.6. The van der Waals surface area contributed by atoms with E-state index in [9.17, 15) is 9.18 Å². The molecule has 0 radical (unpaired) electrons. The van der Waals surface area contributed by atoms with Crippen LogP contribution in [0.4, 0.5) is 4.39 Å². The zero-order valence-corrected chi connectivity index (χ0v) is 13.9. The van der Waals surface area contributed by atoms with Gasteiger partial charge in [-0.2, -0.15) is 11.3 Å². The van der Waals surface area contributed by atoms with Crippen molar-refractivity contribution in [3.63, 3.8) is 0 Å². The monoisotopic (exact) mass is 345 g/mol. The first-order chi connectivity index (χ1) is 11.6. The second-order valence-corrected chi connectivity index (χ2v) is 6.08. The van der Waals surface area contributed by atoms with Crippen molar-refractivity contribution in [1.29, 1.82) is 0 Å². The molecular formula is C18H16FNO3S. The molecule has 124 valence electrons. The average molecular weight is 345 g/mol. The van der Waals surface area contributed by atoms with Crippen molar-refractivity contribution in [3.8, 4) is 5.75 Å². The van der Waals surface area contributed by atoms with Gasteiger partial charge in [-0.3, -0.25) is 4.79 Å². The largest absolute Gasteiger partial charge is 0.486 e. The minimum absolute atomic E-state index is 0.174. The summed E-state index contributed by atoms with van der Waals surface area (Å²) in [6, 6.07) is 11.1. The van der Waals surface area contributed by atoms with Gasteiger partial charge < -0.3 is 14.1 Å². The SMILES string of the molecule is CN(Cc1ccsc1)C(=O)c1ccc(COc2ccc(F)cc2)o1. The van der Waals surface area contributed by atoms with Gasteiger partial charge in [0.2, 0.25) is 0 Å². The van der Waals surface area contributed by atoms with E-state index in [2.05, 4.69) is 0 Å². The summed E-state index contributed by atoms with van der Waals surface area (Å²) < 4.78 is 23.9. The molecule has 2 aromatic heterocycles. The van der Waals surface area contributed by atoms with Crippen LogP contribution in [0.15, 0.2) is 57.6 Å². The maximum Gasteiger partial charge on any atom is 0.289 e. The van der Waals surface area contributed by atoms with E-state index in [-0.39, 0.29) is 24.1 Å². The number of benzene rings is 1. The van der Waals surface area contributed by atoms with Crippen LogP contribution in [0, 0.1) is 5.82 Å². The molecule has 0 fully saturated rings. The van der Waals surface area contributed by atoms with E-state index >= 15 is 0 Å². The molecule has 3 rings (SSSR count). The van der Waals surface area contributed by atoms with Gasteiger partial charge in [0.15, 0.2) is 5.76 Å². The first-order valence-electron chi connectivity index (χ1n) is 7.35. The Labute approximate surface area is 143 Å². The predicted molar refractivity (Wildman–Crippen MR) is 89.6 cm³/mol. The summed E-state index contributed by atoms with van der Waals surface area (Å²) >= 11 is 1.60. The van der Waals surface area contributed by atoms with E-state index in [0.717, 1.165) is 5.56 Å². The molecular weight excluding hydrogens is 329 g/mol. The molecule has 0 saturated carbocycles. The van der Waals surface area contributed by atoms with E-state index < -0.39 is 0 Å². The zero-order valence-electron chi connectivity index (χ0n) is 13.1. The molecule has 24 heavy (non-hydrogen) atoms. The van der Waals surface area contributed by atoms with Gasteiger partial charge in [-0.1, -0.05) is 0 Å². The fraction of sp³-hybridized carbons (Fsp3) is 0.167. The molecule has 0 aliphatic heterocycles. The van der Waals surface area contributed by atoms with Crippen molar-refractivity contribution < 1.29 is 18.3 Å². The lowest BCUT2D eigenvalue weighted by atomic mass is 10.3. The van der Waals surface area contributed by atoms with Crippen LogP contribution in [-0.4, -0.2) is 17.9 Å². The lowest BCUT2D eigenvalue weighted by Gasteiger charge is -2.14. The van der Waals surface area contributed by atoms with Gasteiger partial charge >= 0.3 is 0 Å². The Bertz CT molecular complexity index is 796. The summed E-state index contributed by atoms with van der Waals surface area (Å²) in [6.45, 7) is 0.706. The first-order valence-corrected chi connectivity index (χ1v) is 8.30. The highest BCUT2D eigenvalue weighted by Gasteiger charge is 2.16. The van der Waals surface area contributed by atoms with Gasteiger partial charge in [0.1, 0.15) is 23.9 Å². The Morgan fingerprint density at radius 1 is 1.21 bits per heavy atom. The summed E-state index contributed by atoms with van der Waals surface area (Å²) in [7, 11) is 1.73. The quantitative estimate of drug-likeness (QED) is 0.668. The first kappa shape index (κ1) is 16.3. The van der Waals surface area contributed by atoms with Crippen LogP contribution in [-0.2, 0) is 13.2 Å². The van der Waals surface area contributed by atoms with Gasteiger partial charge in [-0.25, -0.2) is 4.39 Å². The Morgan fingerprint density at radius 2 is 2.00 bits per heavy atom. The van der Waals surface area contributed by atoms with Crippen LogP contribution < -0.4 is 4.74 Å². The van der Waals surface area contributed by atoms with Crippen molar-refractivity contribution in [2.75, 3.05) is 7.05 Å². The number of rotatable bonds is 6. The van der Waals surface area contributed by atoms with Gasteiger partial charge in [0.05, 0.1) is 0 Å². The molecule has 0 N–H and O–H groups in total. The molecule has 3 aromatic rings. The molecule has 0 atom stereocenters. The molecule has 2 heterocycles. The number of hydrogen-bond donors (Lipinski definition) is 0. The van der Waals surface area contributed by atoms with E-state index in [0.29, 0.717) is 18.1 Å². The third-order valence-corrected chi connectivity index (χ3v) is 4.15. The number of thiophene rings is 1. The summed E-state index contributed by atoms with van der Waals surface area (Å²) in [5.74, 6) is 0.836. The summed E-state index contributed by atoms with van der Waals surface area (Å²) in [6.07, 6.45) is 0. The van der Waals surface area contributed by atoms with Crippen LogP contribution in [0.1, 0.15) is 21.9 Å². The molecule has 0 aliphatic rings. The Hall–Kier alpha value is -2.60. The maximum absolute atomic E-state index is 12.8. The third kappa shape index (κ3) is 4.02. The average Bonchev–Trinajstić information content (AvgIpc) is 3.25. The lowest BCUT2D eigenvalue weighted by molar-refractivity contribution is 0.0749. The number of furan rings is 1. The number of halogens is 1. The number of nitrogens with zero attached hydrogens (tertiary/aromatic N) is 1. The molecule has 4 nitrogen and oxygen atoms in total. The number of carbonyl (C=O) groups is 1. The Kier molecular flexibility index (Phi) is 4.96. The van der Waals surface area contributed by atoms with Crippen LogP contribution in [0.2, 0.25) is 0 Å². The lowest BCUT2D eigenvalue weighted by Crippen LogP contribution is -2.25. The van der Waals surface area contributed by atoms with Gasteiger partial charge in [0, 0.05) is 13.6 Å². The summed E-state index contributed by atoms with van der Waals surface area (Å²) in [4.78, 5) is 14.0. The number of amides is 1. The molecule has 0 unspecified atom stereocenters. The zero-order chi connectivity index (χ0) is 16.9. The predicted octanol–water partition coefficient (Wildman–Crippen LogP) is 4.33. The van der Waals surface area contributed by atoms with Crippen LogP contribution >= 0.6 is 11.3 Å². The highest BCUT2D eigenvalue weighted by Crippen LogP contribution is 2.17. The third-order valence-electron chi connectivity index (χ3n) is 3.41. The van der Waals surface area contributed by atoms with E-state index in [1.807, 2.05) is 16.8 Å². The standard InChI is InChI=1S/C18H16FNO3S/c1-20(10-13-8-9-24-12-13)18(21)17-7-6-16(23-17)11-22-15-4-2-14(19)3-5-15/h2-9,12H,10-11H2,1H3. The number of carbonyl (C=O) groups excluding carboxylic acids is 1. The topological polar surface area (TPSA) is 42.7 Å². The fourth-order valence-electron chi connectivity index (χ4n) is 2.17. The molecule has 0 spiro atoms. The van der Waals surface area contributed by atoms with Crippen LogP contribution in [0.5, 0.6) is 5.75 Å². The smallest absolute Gasteiger partial charge is 0.289 e. The van der Waals surface area contributed by atoms with Crippen molar-refractivity contribution in [3.05, 3.63) is 76.1 Å². The van der Waals surface area contributed by atoms with Crippen molar-refractivity contribution in [2.45, 2.75) is 13.2 Å². The number of ether oxygens (including phenoxy) is 1. The fourth-order valence-corrected chi connectivity index (χ4v) is 2.83. The second kappa shape index (κ2) is 7.31. The molecule has 6 heteroatoms. The highest BCUT2D eigenvalue weighted by atomic mass is 32.1. The molecule has 0 aliphatic carbocycles. The highest BCUT2D eigenvalue weighted by molar-refractivity contribution is 7.07. The van der Waals surface area contributed by atoms with Crippen LogP contribution in [0.3, 0.4) is 0 Å². The van der Waals surface area contributed by atoms with Crippen molar-refractivity contribution in [1.82, 2.24) is 4.90 Å². The van der Waals surface area contributed by atoms with Crippen molar-refractivity contribution in [2.24, 2.45) is 0 Å². The Morgan fingerprint density at radius 3 is 2.71 bits per heavy atom. The van der Waals surface area contributed by atoms with Crippen molar-refractivity contribution >= 4 is 17.2 Å². The molecule has 0 saturated heterocycles. The molecule has 1 aromatic carbocycles. The summed E-state index contributed by atoms with van der Waals surface area (Å²) in [5, 5.41) is 3.99. The van der Waals surface area contributed by atoms with E-state index in [1.54, 1.807) is 47.5 Å². The molecule has 1 amide bonds. The second-order valence-electron chi connectivity index (χ2n) is 5.30. The Balaban J connectivity index is 1.58. The number of hydrogen-bond acceptors (Lipinski definition) is 4. The molecule has 0 bridgehead atoms. The van der Waals surface area contributed by atoms with Gasteiger partial charge in [-0.05, 0) is 58.8 Å². The van der Waals surface area contributed by atoms with E-state index in [4.69, 9.17) is 9.15 Å².